The minimum Gasteiger partial charge on any atom is -0.390 e. The lowest BCUT2D eigenvalue weighted by Crippen LogP contribution is -2.31. The summed E-state index contributed by atoms with van der Waals surface area (Å²) >= 11 is 0. The fourth-order valence-corrected chi connectivity index (χ4v) is 2.75. The minimum atomic E-state index is -0.406. The van der Waals surface area contributed by atoms with Crippen molar-refractivity contribution in [1.29, 1.82) is 0 Å². The summed E-state index contributed by atoms with van der Waals surface area (Å²) in [5, 5.41) is 10.4. The molecule has 2 nitrogen and oxygen atoms in total. The first kappa shape index (κ1) is 12.6. The number of nitrogens with two attached hydrogens (primary N) is 1. The Morgan fingerprint density at radius 1 is 1.12 bits per heavy atom. The van der Waals surface area contributed by atoms with Crippen LogP contribution >= 0.6 is 0 Å². The third-order valence-corrected chi connectivity index (χ3v) is 3.89. The van der Waals surface area contributed by atoms with Crippen molar-refractivity contribution in [2.45, 2.75) is 57.1 Å². The van der Waals surface area contributed by atoms with Gasteiger partial charge in [0.2, 0.25) is 0 Å². The molecule has 0 saturated heterocycles. The molecule has 1 aromatic carbocycles. The molecule has 0 aromatic heterocycles. The first-order chi connectivity index (χ1) is 8.22. The molecule has 0 unspecified atom stereocenters. The standard InChI is InChI=1S/C15H23NO/c16-12-14-6-4-5-13(11-14)7-10-15(17)8-2-1-3-9-15/h4-6,11,17H,1-3,7-10,12,16H2. The number of aryl methyl sites for hydroxylation is 1. The van der Waals surface area contributed by atoms with E-state index in [1.807, 2.05) is 0 Å². The van der Waals surface area contributed by atoms with Gasteiger partial charge in [0.1, 0.15) is 0 Å². The first-order valence-corrected chi connectivity index (χ1v) is 6.72. The summed E-state index contributed by atoms with van der Waals surface area (Å²) in [6, 6.07) is 8.40. The van der Waals surface area contributed by atoms with Crippen LogP contribution in [-0.2, 0) is 13.0 Å². The molecule has 0 radical (unpaired) electrons. The average Bonchev–Trinajstić information content (AvgIpc) is 2.38. The van der Waals surface area contributed by atoms with Crippen molar-refractivity contribution in [2.24, 2.45) is 5.73 Å². The number of aliphatic hydroxyl groups is 1. The highest BCUT2D eigenvalue weighted by molar-refractivity contribution is 5.23. The zero-order valence-electron chi connectivity index (χ0n) is 10.5. The van der Waals surface area contributed by atoms with Gasteiger partial charge < -0.3 is 10.8 Å². The van der Waals surface area contributed by atoms with E-state index in [1.165, 1.54) is 30.4 Å². The van der Waals surface area contributed by atoms with Gasteiger partial charge in [0.25, 0.3) is 0 Å². The van der Waals surface area contributed by atoms with E-state index < -0.39 is 5.60 Å². The normalized spacial score (nSPS) is 19.2. The molecule has 0 heterocycles. The van der Waals surface area contributed by atoms with E-state index in [4.69, 9.17) is 5.73 Å². The molecule has 0 atom stereocenters. The fourth-order valence-electron chi connectivity index (χ4n) is 2.75. The monoisotopic (exact) mass is 233 g/mol. The molecule has 0 amide bonds. The summed E-state index contributed by atoms with van der Waals surface area (Å²) < 4.78 is 0. The summed E-state index contributed by atoms with van der Waals surface area (Å²) in [5.41, 5.74) is 7.71. The Morgan fingerprint density at radius 3 is 2.53 bits per heavy atom. The average molecular weight is 233 g/mol. The highest BCUT2D eigenvalue weighted by Crippen LogP contribution is 2.31. The van der Waals surface area contributed by atoms with Gasteiger partial charge in [-0.2, -0.15) is 0 Å². The van der Waals surface area contributed by atoms with Crippen molar-refractivity contribution in [1.82, 2.24) is 0 Å². The van der Waals surface area contributed by atoms with Crippen molar-refractivity contribution in [2.75, 3.05) is 0 Å². The van der Waals surface area contributed by atoms with E-state index in [2.05, 4.69) is 24.3 Å². The maximum Gasteiger partial charge on any atom is 0.0651 e. The molecule has 0 bridgehead atoms. The SMILES string of the molecule is NCc1cccc(CCC2(O)CCCCC2)c1. The molecular weight excluding hydrogens is 210 g/mol. The van der Waals surface area contributed by atoms with Crippen LogP contribution in [0.3, 0.4) is 0 Å². The van der Waals surface area contributed by atoms with E-state index in [-0.39, 0.29) is 0 Å². The molecule has 1 aliphatic carbocycles. The van der Waals surface area contributed by atoms with Crippen molar-refractivity contribution < 1.29 is 5.11 Å². The van der Waals surface area contributed by atoms with Crippen LogP contribution in [0.25, 0.3) is 0 Å². The van der Waals surface area contributed by atoms with Gasteiger partial charge in [0.15, 0.2) is 0 Å². The summed E-state index contributed by atoms with van der Waals surface area (Å²) in [4.78, 5) is 0. The topological polar surface area (TPSA) is 46.2 Å². The van der Waals surface area contributed by atoms with Gasteiger partial charge in [0.05, 0.1) is 5.60 Å². The largest absolute Gasteiger partial charge is 0.390 e. The van der Waals surface area contributed by atoms with Crippen LogP contribution in [0.15, 0.2) is 24.3 Å². The van der Waals surface area contributed by atoms with Gasteiger partial charge in [-0.1, -0.05) is 43.5 Å². The van der Waals surface area contributed by atoms with E-state index in [9.17, 15) is 5.11 Å². The molecule has 2 heteroatoms. The predicted octanol–water partition coefficient (Wildman–Crippen LogP) is 2.77. The summed E-state index contributed by atoms with van der Waals surface area (Å²) in [6.07, 6.45) is 7.45. The van der Waals surface area contributed by atoms with Crippen molar-refractivity contribution in [3.63, 3.8) is 0 Å². The van der Waals surface area contributed by atoms with E-state index in [0.29, 0.717) is 6.54 Å². The predicted molar refractivity (Wildman–Crippen MR) is 70.7 cm³/mol. The fraction of sp³-hybridized carbons (Fsp3) is 0.600. The van der Waals surface area contributed by atoms with Gasteiger partial charge in [-0.3, -0.25) is 0 Å². The first-order valence-electron chi connectivity index (χ1n) is 6.72. The van der Waals surface area contributed by atoms with Crippen LogP contribution in [0.1, 0.15) is 49.7 Å². The maximum atomic E-state index is 10.4. The smallest absolute Gasteiger partial charge is 0.0651 e. The molecule has 1 fully saturated rings. The Labute approximate surface area is 104 Å². The van der Waals surface area contributed by atoms with Gasteiger partial charge in [0, 0.05) is 6.54 Å². The quantitative estimate of drug-likeness (QED) is 0.840. The maximum absolute atomic E-state index is 10.4. The highest BCUT2D eigenvalue weighted by atomic mass is 16.3. The molecule has 1 saturated carbocycles. The summed E-state index contributed by atoms with van der Waals surface area (Å²) in [5.74, 6) is 0. The lowest BCUT2D eigenvalue weighted by Gasteiger charge is -2.32. The van der Waals surface area contributed by atoms with E-state index in [0.717, 1.165) is 25.7 Å². The second-order valence-electron chi connectivity index (χ2n) is 5.31. The molecule has 0 spiro atoms. The molecule has 1 aromatic rings. The van der Waals surface area contributed by atoms with Crippen molar-refractivity contribution in [3.8, 4) is 0 Å². The zero-order valence-corrected chi connectivity index (χ0v) is 10.5. The van der Waals surface area contributed by atoms with Gasteiger partial charge in [-0.15, -0.1) is 0 Å². The Morgan fingerprint density at radius 2 is 1.82 bits per heavy atom. The number of hydrogen-bond acceptors (Lipinski definition) is 2. The lowest BCUT2D eigenvalue weighted by atomic mass is 9.81. The third-order valence-electron chi connectivity index (χ3n) is 3.89. The molecule has 2 rings (SSSR count). The molecule has 3 N–H and O–H groups in total. The van der Waals surface area contributed by atoms with E-state index in [1.54, 1.807) is 0 Å². The lowest BCUT2D eigenvalue weighted by molar-refractivity contribution is -0.00342. The van der Waals surface area contributed by atoms with Crippen molar-refractivity contribution in [3.05, 3.63) is 35.4 Å². The van der Waals surface area contributed by atoms with Crippen LogP contribution in [0.4, 0.5) is 0 Å². The summed E-state index contributed by atoms with van der Waals surface area (Å²) in [7, 11) is 0. The van der Waals surface area contributed by atoms with Crippen molar-refractivity contribution >= 4 is 0 Å². The van der Waals surface area contributed by atoms with Gasteiger partial charge >= 0.3 is 0 Å². The minimum absolute atomic E-state index is 0.406. The van der Waals surface area contributed by atoms with Gasteiger partial charge in [-0.05, 0) is 36.8 Å². The highest BCUT2D eigenvalue weighted by Gasteiger charge is 2.28. The second-order valence-corrected chi connectivity index (χ2v) is 5.31. The van der Waals surface area contributed by atoms with Crippen LogP contribution in [0, 0.1) is 0 Å². The Bertz CT molecular complexity index is 356. The third kappa shape index (κ3) is 3.55. The number of benzene rings is 1. The van der Waals surface area contributed by atoms with Gasteiger partial charge in [-0.25, -0.2) is 0 Å². The zero-order chi connectivity index (χ0) is 12.1. The number of rotatable bonds is 4. The van der Waals surface area contributed by atoms with Crippen LogP contribution in [0.2, 0.25) is 0 Å². The second kappa shape index (κ2) is 5.65. The van der Waals surface area contributed by atoms with Crippen LogP contribution < -0.4 is 5.73 Å². The molecular formula is C15H23NO. The Balaban J connectivity index is 1.92. The molecule has 1 aliphatic rings. The molecule has 0 aliphatic heterocycles. The number of hydrogen-bond donors (Lipinski definition) is 2. The molecule has 94 valence electrons. The Kier molecular flexibility index (Phi) is 4.19. The van der Waals surface area contributed by atoms with Crippen LogP contribution in [0.5, 0.6) is 0 Å². The van der Waals surface area contributed by atoms with Crippen LogP contribution in [-0.4, -0.2) is 10.7 Å². The molecule has 17 heavy (non-hydrogen) atoms. The Hall–Kier alpha value is -0.860. The van der Waals surface area contributed by atoms with E-state index >= 15 is 0 Å². The summed E-state index contributed by atoms with van der Waals surface area (Å²) in [6.45, 7) is 0.595.